The van der Waals surface area contributed by atoms with Crippen molar-refractivity contribution in [2.45, 2.75) is 13.3 Å². The summed E-state index contributed by atoms with van der Waals surface area (Å²) in [5.74, 6) is 0. The van der Waals surface area contributed by atoms with Gasteiger partial charge in [-0.2, -0.15) is 0 Å². The van der Waals surface area contributed by atoms with Gasteiger partial charge < -0.3 is 10.1 Å². The average Bonchev–Trinajstić information content (AvgIpc) is 2.28. The van der Waals surface area contributed by atoms with Crippen molar-refractivity contribution in [3.8, 4) is 0 Å². The third-order valence-electron chi connectivity index (χ3n) is 2.02. The van der Waals surface area contributed by atoms with E-state index in [1.54, 1.807) is 0 Å². The molecule has 0 aliphatic heterocycles. The Kier molecular flexibility index (Phi) is 6.51. The fraction of sp³-hybridized carbons (Fsp3) is 0.455. The second-order valence-corrected chi connectivity index (χ2v) is 4.81. The third kappa shape index (κ3) is 4.13. The normalized spacial score (nSPS) is 10.5. The Morgan fingerprint density at radius 2 is 2.06 bits per heavy atom. The topological polar surface area (TPSA) is 21.3 Å². The van der Waals surface area contributed by atoms with Gasteiger partial charge >= 0.3 is 0 Å². The van der Waals surface area contributed by atoms with Crippen molar-refractivity contribution in [3.05, 3.63) is 26.7 Å². The van der Waals surface area contributed by atoms with Crippen LogP contribution in [-0.2, 0) is 4.74 Å². The van der Waals surface area contributed by atoms with Crippen LogP contribution in [0.15, 0.2) is 16.6 Å². The first-order chi connectivity index (χ1) is 7.66. The first-order valence-corrected chi connectivity index (χ1v) is 6.66. The maximum Gasteiger partial charge on any atom is 0.0835 e. The Balaban J connectivity index is 2.45. The molecule has 0 aliphatic rings. The van der Waals surface area contributed by atoms with Crippen molar-refractivity contribution >= 4 is 44.8 Å². The molecule has 0 spiro atoms. The maximum atomic E-state index is 6.08. The predicted octanol–water partition coefficient (Wildman–Crippen LogP) is 4.59. The molecule has 0 amide bonds. The summed E-state index contributed by atoms with van der Waals surface area (Å²) >= 11 is 15.4. The fourth-order valence-corrected chi connectivity index (χ4v) is 2.05. The molecule has 16 heavy (non-hydrogen) atoms. The summed E-state index contributed by atoms with van der Waals surface area (Å²) in [4.78, 5) is 0. The molecule has 0 saturated heterocycles. The van der Waals surface area contributed by atoms with Gasteiger partial charge in [-0.15, -0.1) is 0 Å². The Hall–Kier alpha value is 0.0400. The van der Waals surface area contributed by atoms with E-state index in [1.165, 1.54) is 0 Å². The van der Waals surface area contributed by atoms with Crippen LogP contribution in [0.4, 0.5) is 5.69 Å². The lowest BCUT2D eigenvalue weighted by Crippen LogP contribution is -2.06. The van der Waals surface area contributed by atoms with Gasteiger partial charge in [-0.05, 0) is 41.4 Å². The molecule has 0 bridgehead atoms. The van der Waals surface area contributed by atoms with Crippen molar-refractivity contribution in [1.29, 1.82) is 0 Å². The van der Waals surface area contributed by atoms with Crippen LogP contribution in [0.3, 0.4) is 0 Å². The quantitative estimate of drug-likeness (QED) is 0.609. The van der Waals surface area contributed by atoms with Crippen LogP contribution in [0.25, 0.3) is 0 Å². The molecule has 0 fully saturated rings. The van der Waals surface area contributed by atoms with E-state index in [-0.39, 0.29) is 0 Å². The van der Waals surface area contributed by atoms with Gasteiger partial charge in [0.25, 0.3) is 0 Å². The van der Waals surface area contributed by atoms with Crippen molar-refractivity contribution in [2.24, 2.45) is 0 Å². The van der Waals surface area contributed by atoms with Crippen LogP contribution in [-0.4, -0.2) is 19.8 Å². The SMILES string of the molecule is CCOCCCNc1ccc(Br)c(Cl)c1Cl. The molecule has 1 N–H and O–H groups in total. The van der Waals surface area contributed by atoms with E-state index >= 15 is 0 Å². The monoisotopic (exact) mass is 325 g/mol. The molecule has 1 aromatic carbocycles. The van der Waals surface area contributed by atoms with Crippen LogP contribution in [0, 0.1) is 0 Å². The maximum absolute atomic E-state index is 6.08. The van der Waals surface area contributed by atoms with E-state index in [2.05, 4.69) is 21.2 Å². The first-order valence-electron chi connectivity index (χ1n) is 5.12. The minimum atomic E-state index is 0.538. The van der Waals surface area contributed by atoms with Crippen LogP contribution in [0.1, 0.15) is 13.3 Å². The standard InChI is InChI=1S/C11H14BrCl2NO/c1-2-16-7-3-6-15-9-5-4-8(12)10(13)11(9)14/h4-5,15H,2-3,6-7H2,1H3. The molecule has 1 rings (SSSR count). The highest BCUT2D eigenvalue weighted by atomic mass is 79.9. The lowest BCUT2D eigenvalue weighted by Gasteiger charge is -2.10. The summed E-state index contributed by atoms with van der Waals surface area (Å²) in [5.41, 5.74) is 0.853. The minimum Gasteiger partial charge on any atom is -0.384 e. The number of hydrogen-bond donors (Lipinski definition) is 1. The molecule has 5 heteroatoms. The van der Waals surface area contributed by atoms with E-state index in [9.17, 15) is 0 Å². The fourth-order valence-electron chi connectivity index (χ4n) is 1.20. The highest BCUT2D eigenvalue weighted by Crippen LogP contribution is 2.35. The van der Waals surface area contributed by atoms with E-state index < -0.39 is 0 Å². The Labute approximate surface area is 114 Å². The third-order valence-corrected chi connectivity index (χ3v) is 3.79. The predicted molar refractivity (Wildman–Crippen MR) is 73.8 cm³/mol. The smallest absolute Gasteiger partial charge is 0.0835 e. The van der Waals surface area contributed by atoms with Crippen molar-refractivity contribution < 1.29 is 4.74 Å². The summed E-state index contributed by atoms with van der Waals surface area (Å²) in [6, 6.07) is 3.78. The second kappa shape index (κ2) is 7.38. The average molecular weight is 327 g/mol. The van der Waals surface area contributed by atoms with Gasteiger partial charge in [0.1, 0.15) is 0 Å². The minimum absolute atomic E-state index is 0.538. The number of rotatable bonds is 6. The summed E-state index contributed by atoms with van der Waals surface area (Å²) in [5, 5.41) is 4.31. The molecule has 0 aromatic heterocycles. The van der Waals surface area contributed by atoms with Crippen molar-refractivity contribution in [1.82, 2.24) is 0 Å². The summed E-state index contributed by atoms with van der Waals surface area (Å²) in [7, 11) is 0. The van der Waals surface area contributed by atoms with Gasteiger partial charge in [0.15, 0.2) is 0 Å². The van der Waals surface area contributed by atoms with E-state index in [0.717, 1.165) is 36.3 Å². The lowest BCUT2D eigenvalue weighted by atomic mass is 10.3. The van der Waals surface area contributed by atoms with Crippen LogP contribution >= 0.6 is 39.1 Å². The zero-order valence-electron chi connectivity index (χ0n) is 9.03. The first kappa shape index (κ1) is 14.1. The number of benzene rings is 1. The van der Waals surface area contributed by atoms with Gasteiger partial charge in [0.05, 0.1) is 15.7 Å². The number of ether oxygens (including phenoxy) is 1. The lowest BCUT2D eigenvalue weighted by molar-refractivity contribution is 0.147. The molecule has 0 atom stereocenters. The molecule has 0 unspecified atom stereocenters. The molecule has 90 valence electrons. The Morgan fingerprint density at radius 1 is 1.31 bits per heavy atom. The van der Waals surface area contributed by atoms with Crippen LogP contribution < -0.4 is 5.32 Å². The van der Waals surface area contributed by atoms with Gasteiger partial charge in [-0.3, -0.25) is 0 Å². The number of hydrogen-bond acceptors (Lipinski definition) is 2. The van der Waals surface area contributed by atoms with Gasteiger partial charge in [0.2, 0.25) is 0 Å². The highest BCUT2D eigenvalue weighted by molar-refractivity contribution is 9.10. The largest absolute Gasteiger partial charge is 0.384 e. The second-order valence-electron chi connectivity index (χ2n) is 3.20. The summed E-state index contributed by atoms with van der Waals surface area (Å²) in [6.45, 7) is 4.31. The van der Waals surface area contributed by atoms with Crippen molar-refractivity contribution in [2.75, 3.05) is 25.1 Å². The number of nitrogens with one attached hydrogen (secondary N) is 1. The molecule has 0 radical (unpaired) electrons. The van der Waals surface area contributed by atoms with E-state index in [0.29, 0.717) is 10.0 Å². The molecule has 0 aliphatic carbocycles. The van der Waals surface area contributed by atoms with Crippen LogP contribution in [0.5, 0.6) is 0 Å². The molecule has 2 nitrogen and oxygen atoms in total. The Morgan fingerprint density at radius 3 is 2.75 bits per heavy atom. The van der Waals surface area contributed by atoms with E-state index in [1.807, 2.05) is 19.1 Å². The van der Waals surface area contributed by atoms with Gasteiger partial charge in [-0.1, -0.05) is 23.2 Å². The van der Waals surface area contributed by atoms with Gasteiger partial charge in [0, 0.05) is 24.2 Å². The zero-order chi connectivity index (χ0) is 12.0. The molecule has 1 aromatic rings. The number of halogens is 3. The number of anilines is 1. The molecular weight excluding hydrogens is 313 g/mol. The molecule has 0 heterocycles. The van der Waals surface area contributed by atoms with Crippen LogP contribution in [0.2, 0.25) is 10.0 Å². The van der Waals surface area contributed by atoms with Gasteiger partial charge in [-0.25, -0.2) is 0 Å². The highest BCUT2D eigenvalue weighted by Gasteiger charge is 2.07. The summed E-state index contributed by atoms with van der Waals surface area (Å²) < 4.78 is 6.04. The zero-order valence-corrected chi connectivity index (χ0v) is 12.1. The van der Waals surface area contributed by atoms with E-state index in [4.69, 9.17) is 27.9 Å². The molecular formula is C11H14BrCl2NO. The van der Waals surface area contributed by atoms with Crippen molar-refractivity contribution in [3.63, 3.8) is 0 Å². The molecule has 0 saturated carbocycles. The Bertz CT molecular complexity index is 347. The summed E-state index contributed by atoms with van der Waals surface area (Å²) in [6.07, 6.45) is 0.942.